The highest BCUT2D eigenvalue weighted by atomic mass is 35.5. The van der Waals surface area contributed by atoms with Crippen LogP contribution in [0.5, 0.6) is 0 Å². The quantitative estimate of drug-likeness (QED) is 0.676. The Morgan fingerprint density at radius 2 is 2.06 bits per heavy atom. The van der Waals surface area contributed by atoms with Crippen LogP contribution >= 0.6 is 11.6 Å². The number of nitrogens with one attached hydrogen (secondary N) is 1. The molecule has 0 aliphatic heterocycles. The summed E-state index contributed by atoms with van der Waals surface area (Å²) < 4.78 is 39.1. The van der Waals surface area contributed by atoms with Crippen molar-refractivity contribution in [2.75, 3.05) is 13.2 Å². The van der Waals surface area contributed by atoms with Gasteiger partial charge in [0.15, 0.2) is 0 Å². The van der Waals surface area contributed by atoms with Gasteiger partial charge in [0.1, 0.15) is 0 Å². The number of halogens is 4. The van der Waals surface area contributed by atoms with Crippen molar-refractivity contribution in [1.29, 1.82) is 0 Å². The summed E-state index contributed by atoms with van der Waals surface area (Å²) in [5.74, 6) is 0. The first-order valence-corrected chi connectivity index (χ1v) is 6.07. The van der Waals surface area contributed by atoms with E-state index in [0.717, 1.165) is 17.5 Å². The van der Waals surface area contributed by atoms with E-state index in [1.54, 1.807) is 0 Å². The van der Waals surface area contributed by atoms with Crippen LogP contribution in [0.1, 0.15) is 17.2 Å². The number of alkyl halides is 4. The fourth-order valence-corrected chi connectivity index (χ4v) is 2.56. The highest BCUT2D eigenvalue weighted by molar-refractivity contribution is 6.21. The second-order valence-electron chi connectivity index (χ2n) is 4.14. The minimum atomic E-state index is -4.57. The second-order valence-corrected chi connectivity index (χ2v) is 4.71. The maximum absolute atomic E-state index is 11.8. The number of hydrogen-bond donors (Lipinski definition) is 1. The van der Waals surface area contributed by atoms with E-state index in [-0.39, 0.29) is 18.0 Å². The molecule has 0 spiro atoms. The van der Waals surface area contributed by atoms with E-state index >= 15 is 0 Å². The Morgan fingerprint density at radius 1 is 1.33 bits per heavy atom. The smallest absolute Gasteiger partial charge is 0.306 e. The van der Waals surface area contributed by atoms with E-state index < -0.39 is 13.0 Å². The molecule has 0 fully saturated rings. The highest BCUT2D eigenvalue weighted by Gasteiger charge is 2.31. The lowest BCUT2D eigenvalue weighted by Gasteiger charge is -2.17. The number of ether oxygens (including phenoxy) is 1. The van der Waals surface area contributed by atoms with Gasteiger partial charge in [-0.3, -0.25) is 4.74 Å². The van der Waals surface area contributed by atoms with Crippen LogP contribution in [0.4, 0.5) is 13.2 Å². The summed E-state index contributed by atoms with van der Waals surface area (Å²) in [7, 11) is 0. The van der Waals surface area contributed by atoms with E-state index in [1.807, 2.05) is 24.3 Å². The Morgan fingerprint density at radius 3 is 2.78 bits per heavy atom. The molecule has 0 amide bonds. The fraction of sp³-hybridized carbons (Fsp3) is 0.500. The van der Waals surface area contributed by atoms with Crippen molar-refractivity contribution in [3.8, 4) is 0 Å². The lowest BCUT2D eigenvalue weighted by atomic mass is 10.1. The van der Waals surface area contributed by atoms with Gasteiger partial charge in [0.05, 0.1) is 12.0 Å². The van der Waals surface area contributed by atoms with Gasteiger partial charge in [0.25, 0.3) is 0 Å². The largest absolute Gasteiger partial charge is 0.522 e. The molecule has 2 rings (SSSR count). The van der Waals surface area contributed by atoms with Crippen LogP contribution in [0.15, 0.2) is 24.3 Å². The van der Waals surface area contributed by atoms with Crippen LogP contribution in [-0.4, -0.2) is 24.9 Å². The second kappa shape index (κ2) is 5.47. The van der Waals surface area contributed by atoms with Gasteiger partial charge in [-0.05, 0) is 17.5 Å². The van der Waals surface area contributed by atoms with Gasteiger partial charge in [-0.1, -0.05) is 24.3 Å². The Bertz CT molecular complexity index is 411. The highest BCUT2D eigenvalue weighted by Crippen LogP contribution is 2.34. The van der Waals surface area contributed by atoms with Crippen LogP contribution in [0.25, 0.3) is 0 Å². The molecule has 2 unspecified atom stereocenters. The molecule has 100 valence electrons. The molecule has 0 radical (unpaired) electrons. The molecular weight excluding hydrogens is 267 g/mol. The van der Waals surface area contributed by atoms with Gasteiger partial charge in [-0.25, -0.2) is 0 Å². The van der Waals surface area contributed by atoms with Gasteiger partial charge in [-0.2, -0.15) is 0 Å². The van der Waals surface area contributed by atoms with Gasteiger partial charge >= 0.3 is 6.36 Å². The Balaban J connectivity index is 1.87. The molecular formula is C12H13ClF3NO. The topological polar surface area (TPSA) is 21.3 Å². The third kappa shape index (κ3) is 3.37. The van der Waals surface area contributed by atoms with Crippen LogP contribution in [0.3, 0.4) is 0 Å². The molecule has 1 aliphatic carbocycles. The third-order valence-corrected chi connectivity index (χ3v) is 3.31. The minimum absolute atomic E-state index is 0.111. The first-order chi connectivity index (χ1) is 8.47. The van der Waals surface area contributed by atoms with Gasteiger partial charge in [0, 0.05) is 12.6 Å². The van der Waals surface area contributed by atoms with Gasteiger partial charge in [0.2, 0.25) is 0 Å². The Labute approximate surface area is 108 Å². The van der Waals surface area contributed by atoms with E-state index in [2.05, 4.69) is 10.1 Å². The lowest BCUT2D eigenvalue weighted by Crippen LogP contribution is -2.30. The maximum Gasteiger partial charge on any atom is 0.522 e. The Hall–Kier alpha value is -0.780. The summed E-state index contributed by atoms with van der Waals surface area (Å²) in [6, 6.07) is 7.64. The van der Waals surface area contributed by atoms with Crippen molar-refractivity contribution in [1.82, 2.24) is 5.32 Å². The fourth-order valence-electron chi connectivity index (χ4n) is 2.17. The summed E-state index contributed by atoms with van der Waals surface area (Å²) in [6.45, 7) is -0.298. The average molecular weight is 280 g/mol. The molecule has 0 bridgehead atoms. The number of fused-ring (bicyclic) bond motifs is 1. The molecule has 1 N–H and O–H groups in total. The number of benzene rings is 1. The van der Waals surface area contributed by atoms with E-state index in [0.29, 0.717) is 0 Å². The van der Waals surface area contributed by atoms with Crippen molar-refractivity contribution in [3.05, 3.63) is 35.4 Å². The normalized spacial score (nSPS) is 23.1. The van der Waals surface area contributed by atoms with Gasteiger partial charge in [-0.15, -0.1) is 24.8 Å². The molecule has 18 heavy (non-hydrogen) atoms. The third-order valence-electron chi connectivity index (χ3n) is 2.90. The molecule has 1 aromatic carbocycles. The monoisotopic (exact) mass is 279 g/mol. The lowest BCUT2D eigenvalue weighted by molar-refractivity contribution is -0.323. The van der Waals surface area contributed by atoms with Gasteiger partial charge < -0.3 is 5.32 Å². The molecule has 2 atom stereocenters. The molecule has 0 saturated carbocycles. The average Bonchev–Trinajstić information content (AvgIpc) is 2.59. The maximum atomic E-state index is 11.8. The standard InChI is InChI=1S/C12H13ClF3NO/c13-10-7-8-3-1-2-4-9(8)11(10)17-5-6-18-12(14,15)16/h1-4,10-11,17H,5-7H2. The summed E-state index contributed by atoms with van der Waals surface area (Å²) in [4.78, 5) is 0. The molecule has 1 aliphatic rings. The van der Waals surface area contributed by atoms with Crippen LogP contribution in [0.2, 0.25) is 0 Å². The predicted octanol–water partition coefficient (Wildman–Crippen LogP) is 3.02. The summed E-state index contributed by atoms with van der Waals surface area (Å²) >= 11 is 6.19. The molecule has 0 saturated heterocycles. The van der Waals surface area contributed by atoms with Crippen molar-refractivity contribution in [2.45, 2.75) is 24.2 Å². The van der Waals surface area contributed by atoms with Crippen LogP contribution in [0, 0.1) is 0 Å². The van der Waals surface area contributed by atoms with Crippen LogP contribution in [-0.2, 0) is 11.2 Å². The summed E-state index contributed by atoms with van der Waals surface area (Å²) in [5.41, 5.74) is 2.20. The van der Waals surface area contributed by atoms with Crippen molar-refractivity contribution in [3.63, 3.8) is 0 Å². The zero-order valence-corrected chi connectivity index (χ0v) is 10.3. The molecule has 2 nitrogen and oxygen atoms in total. The van der Waals surface area contributed by atoms with E-state index in [4.69, 9.17) is 11.6 Å². The number of hydrogen-bond acceptors (Lipinski definition) is 2. The zero-order chi connectivity index (χ0) is 13.2. The van der Waals surface area contributed by atoms with Crippen molar-refractivity contribution >= 4 is 11.6 Å². The molecule has 0 aromatic heterocycles. The van der Waals surface area contributed by atoms with E-state index in [9.17, 15) is 13.2 Å². The van der Waals surface area contributed by atoms with Crippen LogP contribution < -0.4 is 5.32 Å². The van der Waals surface area contributed by atoms with Crippen molar-refractivity contribution < 1.29 is 17.9 Å². The first-order valence-electron chi connectivity index (χ1n) is 5.63. The van der Waals surface area contributed by atoms with E-state index in [1.165, 1.54) is 0 Å². The first kappa shape index (κ1) is 13.6. The number of rotatable bonds is 4. The molecule has 0 heterocycles. The SMILES string of the molecule is FC(F)(F)OCCNC1c2ccccc2CC1Cl. The Kier molecular flexibility index (Phi) is 4.14. The zero-order valence-electron chi connectivity index (χ0n) is 9.51. The summed E-state index contributed by atoms with van der Waals surface area (Å²) in [5, 5.41) is 2.87. The van der Waals surface area contributed by atoms with Crippen molar-refractivity contribution in [2.24, 2.45) is 0 Å². The molecule has 1 aromatic rings. The minimum Gasteiger partial charge on any atom is -0.306 e. The predicted molar refractivity (Wildman–Crippen MR) is 62.5 cm³/mol. The molecule has 6 heteroatoms. The summed E-state index contributed by atoms with van der Waals surface area (Å²) in [6.07, 6.45) is -3.84.